The highest BCUT2D eigenvalue weighted by atomic mass is 16.3. The quantitative estimate of drug-likeness (QED) is 0.470. The van der Waals surface area contributed by atoms with Crippen molar-refractivity contribution in [1.29, 1.82) is 0 Å². The van der Waals surface area contributed by atoms with Crippen LogP contribution < -0.4 is 5.32 Å². The van der Waals surface area contributed by atoms with Crippen LogP contribution in [0, 0.1) is 19.8 Å². The van der Waals surface area contributed by atoms with E-state index in [1.807, 2.05) is 37.1 Å². The molecular formula is C30H40N6O2. The van der Waals surface area contributed by atoms with Crippen LogP contribution in [-0.4, -0.2) is 60.7 Å². The fourth-order valence-corrected chi connectivity index (χ4v) is 6.64. The van der Waals surface area contributed by atoms with E-state index < -0.39 is 0 Å². The molecule has 0 spiro atoms. The van der Waals surface area contributed by atoms with E-state index in [2.05, 4.69) is 28.0 Å². The predicted octanol–water partition coefficient (Wildman–Crippen LogP) is 5.15. The molecule has 2 N–H and O–H groups in total. The Hall–Kier alpha value is -3.00. The molecule has 2 saturated carbocycles. The van der Waals surface area contributed by atoms with Crippen LogP contribution in [0.2, 0.25) is 0 Å². The molecule has 8 heteroatoms. The number of likely N-dealkylation sites (tertiary alicyclic amines) is 1. The van der Waals surface area contributed by atoms with E-state index in [9.17, 15) is 9.90 Å². The van der Waals surface area contributed by atoms with Gasteiger partial charge in [0.05, 0.1) is 6.10 Å². The molecule has 1 aliphatic heterocycles. The zero-order chi connectivity index (χ0) is 26.4. The minimum absolute atomic E-state index is 0.102. The molecular weight excluding hydrogens is 476 g/mol. The van der Waals surface area contributed by atoms with E-state index in [0.29, 0.717) is 18.0 Å². The van der Waals surface area contributed by atoms with Gasteiger partial charge in [-0.15, -0.1) is 0 Å². The lowest BCUT2D eigenvalue weighted by atomic mass is 9.89. The van der Waals surface area contributed by atoms with Crippen molar-refractivity contribution in [2.75, 3.05) is 18.4 Å². The van der Waals surface area contributed by atoms with Crippen molar-refractivity contribution in [3.63, 3.8) is 0 Å². The van der Waals surface area contributed by atoms with Crippen molar-refractivity contribution >= 4 is 22.9 Å². The number of carbonyl (C=O) groups is 1. The summed E-state index contributed by atoms with van der Waals surface area (Å²) in [6.45, 7) is 7.60. The third-order valence-corrected chi connectivity index (χ3v) is 8.97. The van der Waals surface area contributed by atoms with Crippen LogP contribution in [-0.2, 0) is 0 Å². The number of aryl methyl sites for hydroxylation is 2. The van der Waals surface area contributed by atoms with Gasteiger partial charge in [-0.25, -0.2) is 4.98 Å². The van der Waals surface area contributed by atoms with Gasteiger partial charge in [-0.1, -0.05) is 13.3 Å². The van der Waals surface area contributed by atoms with Gasteiger partial charge >= 0.3 is 0 Å². The highest BCUT2D eigenvalue weighted by molar-refractivity contribution is 5.94. The molecule has 2 aliphatic carbocycles. The SMILES string of the molecule is CCC1C[C@H]1Nc1ncc2c(C3CCN(C(=O)c4cc(C)nc(C)c4)CC3)cn([C@H]3CC[C@H](O)CC3)c2n1. The molecule has 0 aromatic carbocycles. The first-order chi connectivity index (χ1) is 18.4. The fourth-order valence-electron chi connectivity index (χ4n) is 6.64. The second-order valence-electron chi connectivity index (χ2n) is 11.7. The molecule has 38 heavy (non-hydrogen) atoms. The number of pyridine rings is 1. The molecule has 0 bridgehead atoms. The van der Waals surface area contributed by atoms with E-state index in [0.717, 1.165) is 91.5 Å². The smallest absolute Gasteiger partial charge is 0.253 e. The molecule has 3 aliphatic rings. The van der Waals surface area contributed by atoms with Crippen molar-refractivity contribution < 1.29 is 9.90 Å². The van der Waals surface area contributed by atoms with E-state index >= 15 is 0 Å². The Labute approximate surface area is 224 Å². The number of aliphatic hydroxyl groups is 1. The number of amides is 1. The summed E-state index contributed by atoms with van der Waals surface area (Å²) in [7, 11) is 0. The molecule has 1 saturated heterocycles. The first-order valence-corrected chi connectivity index (χ1v) is 14.5. The normalized spacial score (nSPS) is 26.1. The number of hydrogen-bond donors (Lipinski definition) is 2. The Morgan fingerprint density at radius 3 is 2.42 bits per heavy atom. The van der Waals surface area contributed by atoms with Gasteiger partial charge in [0.25, 0.3) is 5.91 Å². The van der Waals surface area contributed by atoms with Crippen LogP contribution >= 0.6 is 0 Å². The van der Waals surface area contributed by atoms with Gasteiger partial charge in [-0.2, -0.15) is 4.98 Å². The predicted molar refractivity (Wildman–Crippen MR) is 148 cm³/mol. The van der Waals surface area contributed by atoms with Crippen LogP contribution in [0.3, 0.4) is 0 Å². The first kappa shape index (κ1) is 25.3. The molecule has 6 rings (SSSR count). The number of rotatable bonds is 6. The summed E-state index contributed by atoms with van der Waals surface area (Å²) in [6.07, 6.45) is 12.0. The Morgan fingerprint density at radius 2 is 1.76 bits per heavy atom. The van der Waals surface area contributed by atoms with Gasteiger partial charge < -0.3 is 19.9 Å². The summed E-state index contributed by atoms with van der Waals surface area (Å²) in [5, 5.41) is 14.8. The highest BCUT2D eigenvalue weighted by Crippen LogP contribution is 2.39. The maximum atomic E-state index is 13.2. The van der Waals surface area contributed by atoms with Crippen molar-refractivity contribution in [3.05, 3.63) is 47.0 Å². The molecule has 202 valence electrons. The number of nitrogens with one attached hydrogen (secondary N) is 1. The van der Waals surface area contributed by atoms with Gasteiger partial charge in [0.1, 0.15) is 5.65 Å². The summed E-state index contributed by atoms with van der Waals surface area (Å²) < 4.78 is 2.37. The van der Waals surface area contributed by atoms with Crippen LogP contribution in [0.4, 0.5) is 5.95 Å². The average Bonchev–Trinajstić information content (AvgIpc) is 3.57. The van der Waals surface area contributed by atoms with Crippen LogP contribution in [0.15, 0.2) is 24.5 Å². The molecule has 1 amide bonds. The standard InChI is InChI=1S/C30H40N6O2/c1-4-20-15-27(20)33-30-31-16-25-26(17-36(28(25)34-30)23-5-7-24(37)8-6-23)21-9-11-35(12-10-21)29(38)22-13-18(2)32-19(3)14-22/h13-14,16-17,20-21,23-24,27,37H,4-12,15H2,1-3H3,(H,31,33,34)/t20?,23-,24-,27-/m1/s1. The number of aromatic nitrogens is 4. The zero-order valence-corrected chi connectivity index (χ0v) is 22.9. The third kappa shape index (κ3) is 5.03. The molecule has 1 unspecified atom stereocenters. The second kappa shape index (κ2) is 10.3. The number of aliphatic hydroxyl groups excluding tert-OH is 1. The van der Waals surface area contributed by atoms with Gasteiger partial charge in [-0.3, -0.25) is 9.78 Å². The Bertz CT molecular complexity index is 1300. The number of piperidine rings is 1. The Kier molecular flexibility index (Phi) is 6.84. The van der Waals surface area contributed by atoms with Crippen LogP contribution in [0.25, 0.3) is 11.0 Å². The van der Waals surface area contributed by atoms with Crippen molar-refractivity contribution in [1.82, 2.24) is 24.4 Å². The number of anilines is 1. The molecule has 4 heterocycles. The lowest BCUT2D eigenvalue weighted by Crippen LogP contribution is -2.38. The summed E-state index contributed by atoms with van der Waals surface area (Å²) in [5.41, 5.74) is 4.81. The first-order valence-electron chi connectivity index (χ1n) is 14.5. The van der Waals surface area contributed by atoms with Crippen molar-refractivity contribution in [2.24, 2.45) is 5.92 Å². The highest BCUT2D eigenvalue weighted by Gasteiger charge is 2.36. The van der Waals surface area contributed by atoms with Crippen molar-refractivity contribution in [2.45, 2.75) is 96.2 Å². The summed E-state index contributed by atoms with van der Waals surface area (Å²) in [5.74, 6) is 1.92. The van der Waals surface area contributed by atoms with Crippen LogP contribution in [0.1, 0.15) is 97.6 Å². The van der Waals surface area contributed by atoms with E-state index in [1.165, 1.54) is 18.4 Å². The lowest BCUT2D eigenvalue weighted by molar-refractivity contribution is 0.0712. The van der Waals surface area contributed by atoms with E-state index in [4.69, 9.17) is 9.97 Å². The largest absolute Gasteiger partial charge is 0.393 e. The molecule has 3 fully saturated rings. The molecule has 3 aromatic heterocycles. The third-order valence-electron chi connectivity index (χ3n) is 8.97. The number of nitrogens with zero attached hydrogens (tertiary/aromatic N) is 5. The monoisotopic (exact) mass is 516 g/mol. The minimum atomic E-state index is -0.185. The number of hydrogen-bond acceptors (Lipinski definition) is 6. The van der Waals surface area contributed by atoms with Gasteiger partial charge in [0.15, 0.2) is 0 Å². The molecule has 8 nitrogen and oxygen atoms in total. The molecule has 0 radical (unpaired) electrons. The van der Waals surface area contributed by atoms with Gasteiger partial charge in [0, 0.05) is 59.9 Å². The molecule has 2 atom stereocenters. The maximum absolute atomic E-state index is 13.2. The molecule has 3 aromatic rings. The fraction of sp³-hybridized carbons (Fsp3) is 0.600. The van der Waals surface area contributed by atoms with E-state index in [1.54, 1.807) is 0 Å². The second-order valence-corrected chi connectivity index (χ2v) is 11.7. The maximum Gasteiger partial charge on any atom is 0.253 e. The minimum Gasteiger partial charge on any atom is -0.393 e. The summed E-state index contributed by atoms with van der Waals surface area (Å²) in [4.78, 5) is 29.4. The van der Waals surface area contributed by atoms with Crippen LogP contribution in [0.5, 0.6) is 0 Å². The van der Waals surface area contributed by atoms with Gasteiger partial charge in [0.2, 0.25) is 5.95 Å². The van der Waals surface area contributed by atoms with Gasteiger partial charge in [-0.05, 0) is 88.3 Å². The van der Waals surface area contributed by atoms with Crippen molar-refractivity contribution in [3.8, 4) is 0 Å². The zero-order valence-electron chi connectivity index (χ0n) is 22.9. The Balaban J connectivity index is 1.24. The number of fused-ring (bicyclic) bond motifs is 1. The van der Waals surface area contributed by atoms with E-state index in [-0.39, 0.29) is 12.0 Å². The topological polar surface area (TPSA) is 96.2 Å². The number of carbonyl (C=O) groups excluding carboxylic acids is 1. The average molecular weight is 517 g/mol. The Morgan fingerprint density at radius 1 is 1.05 bits per heavy atom. The summed E-state index contributed by atoms with van der Waals surface area (Å²) in [6, 6.07) is 4.62. The summed E-state index contributed by atoms with van der Waals surface area (Å²) >= 11 is 0. The lowest BCUT2D eigenvalue weighted by Gasteiger charge is -2.32.